The van der Waals surface area contributed by atoms with Gasteiger partial charge in [-0.3, -0.25) is 19.8 Å². The zero-order valence-corrected chi connectivity index (χ0v) is 22.1. The van der Waals surface area contributed by atoms with Gasteiger partial charge >= 0.3 is 11.9 Å². The molecule has 0 saturated heterocycles. The summed E-state index contributed by atoms with van der Waals surface area (Å²) in [5, 5.41) is 28.7. The molecule has 14 nitrogen and oxygen atoms in total. The lowest BCUT2D eigenvalue weighted by Gasteiger charge is -2.21. The van der Waals surface area contributed by atoms with Crippen LogP contribution in [0.15, 0.2) is 41.4 Å². The van der Waals surface area contributed by atoms with Gasteiger partial charge in [-0.25, -0.2) is 9.79 Å². The van der Waals surface area contributed by atoms with E-state index in [0.717, 1.165) is 25.7 Å². The Morgan fingerprint density at radius 3 is 2.34 bits per heavy atom. The number of amidine groups is 1. The van der Waals surface area contributed by atoms with Crippen LogP contribution in [0.1, 0.15) is 53.6 Å². The summed E-state index contributed by atoms with van der Waals surface area (Å²) in [4.78, 5) is 51.8. The summed E-state index contributed by atoms with van der Waals surface area (Å²) < 4.78 is 11.8. The minimum absolute atomic E-state index is 0.0174. The van der Waals surface area contributed by atoms with Crippen LogP contribution in [0.25, 0.3) is 0 Å². The van der Waals surface area contributed by atoms with Crippen molar-refractivity contribution < 1.29 is 38.9 Å². The Morgan fingerprint density at radius 1 is 1.02 bits per heavy atom. The number of hydrogen-bond donors (Lipinski definition) is 7. The number of carboxylic acid groups (broad SMARTS) is 2. The molecule has 1 saturated carbocycles. The number of aliphatic carboxylic acids is 2. The van der Waals surface area contributed by atoms with Crippen molar-refractivity contribution >= 4 is 41.1 Å². The van der Waals surface area contributed by atoms with E-state index in [1.807, 2.05) is 0 Å². The average Bonchev–Trinajstić information content (AvgIpc) is 3.40. The summed E-state index contributed by atoms with van der Waals surface area (Å²) in [6, 6.07) is 7.60. The maximum atomic E-state index is 13.3. The standard InChI is InChI=1S/C27H32N6O8/c28-24(29)15-6-5-14(9-20(34)26(38)39)21(10-15)40-13-17(12-23(35)36)32-25(37)19-8-7-16(33-27(30)31)11-22(19)41-18-3-1-2-4-18/h5-8,10-11,17-18H,1-4,9,12-13H2,(H3,28,29)(H,32,37)(H,35,36)(H,38,39)(H4,30,31,33)/t17-/m1/s1. The van der Waals surface area contributed by atoms with Gasteiger partial charge in [0.25, 0.3) is 5.91 Å². The molecule has 1 amide bonds. The van der Waals surface area contributed by atoms with Crippen molar-refractivity contribution in [3.05, 3.63) is 53.1 Å². The van der Waals surface area contributed by atoms with Crippen LogP contribution >= 0.6 is 0 Å². The largest absolute Gasteiger partial charge is 0.491 e. The number of nitrogen functional groups attached to an aromatic ring is 1. The molecule has 1 aliphatic carbocycles. The first-order valence-electron chi connectivity index (χ1n) is 12.7. The number of aliphatic imine (C=N–C) groups is 1. The van der Waals surface area contributed by atoms with Crippen molar-refractivity contribution in [2.24, 2.45) is 22.2 Å². The molecule has 0 bridgehead atoms. The van der Waals surface area contributed by atoms with E-state index >= 15 is 0 Å². The number of carbonyl (C=O) groups excluding carboxylic acids is 2. The van der Waals surface area contributed by atoms with Crippen LogP contribution in [-0.4, -0.2) is 64.4 Å². The molecule has 0 radical (unpaired) electrons. The number of benzene rings is 2. The van der Waals surface area contributed by atoms with Gasteiger partial charge in [0.1, 0.15) is 23.9 Å². The van der Waals surface area contributed by atoms with Crippen LogP contribution in [0, 0.1) is 5.41 Å². The number of carboxylic acids is 2. The van der Waals surface area contributed by atoms with Crippen molar-refractivity contribution in [3.8, 4) is 11.5 Å². The number of nitrogens with zero attached hydrogens (tertiary/aromatic N) is 1. The van der Waals surface area contributed by atoms with E-state index in [2.05, 4.69) is 10.3 Å². The molecular weight excluding hydrogens is 536 g/mol. The molecule has 10 N–H and O–H groups in total. The lowest BCUT2D eigenvalue weighted by atomic mass is 10.0. The molecule has 41 heavy (non-hydrogen) atoms. The van der Waals surface area contributed by atoms with E-state index in [4.69, 9.17) is 37.2 Å². The first kappa shape index (κ1) is 30.4. The van der Waals surface area contributed by atoms with Gasteiger partial charge in [0.15, 0.2) is 5.96 Å². The lowest BCUT2D eigenvalue weighted by molar-refractivity contribution is -0.148. The molecule has 1 fully saturated rings. The molecule has 2 aromatic carbocycles. The maximum Gasteiger partial charge on any atom is 0.372 e. The molecule has 218 valence electrons. The molecule has 1 aliphatic rings. The Kier molecular flexibility index (Phi) is 10.2. The van der Waals surface area contributed by atoms with E-state index < -0.39 is 42.5 Å². The number of Topliss-reactive ketones (excluding diaryl/α,β-unsaturated/α-hetero) is 1. The molecule has 0 spiro atoms. The first-order valence-corrected chi connectivity index (χ1v) is 12.7. The molecule has 2 aromatic rings. The predicted octanol–water partition coefficient (Wildman–Crippen LogP) is 1.05. The van der Waals surface area contributed by atoms with Crippen LogP contribution in [0.4, 0.5) is 5.69 Å². The highest BCUT2D eigenvalue weighted by molar-refractivity contribution is 6.33. The fourth-order valence-electron chi connectivity index (χ4n) is 4.27. The Bertz CT molecular complexity index is 1370. The van der Waals surface area contributed by atoms with E-state index in [1.165, 1.54) is 36.4 Å². The molecule has 0 aliphatic heterocycles. The normalized spacial score (nSPS) is 13.6. The predicted molar refractivity (Wildman–Crippen MR) is 148 cm³/mol. The molecule has 14 heteroatoms. The van der Waals surface area contributed by atoms with Gasteiger partial charge in [0, 0.05) is 23.6 Å². The first-order chi connectivity index (χ1) is 19.4. The van der Waals surface area contributed by atoms with Crippen molar-refractivity contribution in [2.75, 3.05) is 6.61 Å². The quantitative estimate of drug-likeness (QED) is 0.0962. The van der Waals surface area contributed by atoms with Crippen LogP contribution in [0.3, 0.4) is 0 Å². The van der Waals surface area contributed by atoms with E-state index in [0.29, 0.717) is 5.69 Å². The van der Waals surface area contributed by atoms with Gasteiger partial charge in [-0.1, -0.05) is 12.1 Å². The van der Waals surface area contributed by atoms with Gasteiger partial charge in [-0.05, 0) is 43.9 Å². The third-order valence-corrected chi connectivity index (χ3v) is 6.23. The van der Waals surface area contributed by atoms with Crippen molar-refractivity contribution in [1.82, 2.24) is 5.32 Å². The zero-order chi connectivity index (χ0) is 30.1. The highest BCUT2D eigenvalue weighted by Gasteiger charge is 2.24. The van der Waals surface area contributed by atoms with Crippen molar-refractivity contribution in [3.63, 3.8) is 0 Å². The Balaban J connectivity index is 1.85. The monoisotopic (exact) mass is 568 g/mol. The number of hydrogen-bond acceptors (Lipinski definition) is 8. The Hall–Kier alpha value is -5.14. The second-order valence-electron chi connectivity index (χ2n) is 9.46. The summed E-state index contributed by atoms with van der Waals surface area (Å²) in [5.74, 6) is -4.82. The van der Waals surface area contributed by atoms with Gasteiger partial charge in [0.2, 0.25) is 5.78 Å². The van der Waals surface area contributed by atoms with Crippen LogP contribution < -0.4 is 32.0 Å². The van der Waals surface area contributed by atoms with Gasteiger partial charge < -0.3 is 42.2 Å². The number of carbonyl (C=O) groups is 4. The van der Waals surface area contributed by atoms with E-state index in [1.54, 1.807) is 0 Å². The third-order valence-electron chi connectivity index (χ3n) is 6.23. The minimum atomic E-state index is -1.64. The second-order valence-corrected chi connectivity index (χ2v) is 9.46. The van der Waals surface area contributed by atoms with Crippen LogP contribution in [-0.2, 0) is 20.8 Å². The highest BCUT2D eigenvalue weighted by atomic mass is 16.5. The third kappa shape index (κ3) is 8.95. The van der Waals surface area contributed by atoms with E-state index in [9.17, 15) is 24.3 Å². The number of rotatable bonds is 14. The molecule has 3 rings (SSSR count). The SMILES string of the molecule is N=C(N)c1ccc(CC(=O)C(=O)O)c(OC[C@@H](CC(=O)O)NC(=O)c2ccc(N=C(N)N)cc2OC2CCCC2)c1. The Morgan fingerprint density at radius 2 is 1.73 bits per heavy atom. The fraction of sp³-hybridized carbons (Fsp3) is 0.333. The summed E-state index contributed by atoms with van der Waals surface area (Å²) in [6.07, 6.45) is 2.47. The van der Waals surface area contributed by atoms with Crippen molar-refractivity contribution in [1.29, 1.82) is 5.41 Å². The number of ether oxygens (including phenoxy) is 2. The van der Waals surface area contributed by atoms with E-state index in [-0.39, 0.29) is 52.7 Å². The minimum Gasteiger partial charge on any atom is -0.491 e. The Labute approximate surface area is 235 Å². The van der Waals surface area contributed by atoms with Crippen molar-refractivity contribution in [2.45, 2.75) is 50.7 Å². The number of amides is 1. The zero-order valence-electron chi connectivity index (χ0n) is 22.1. The molecule has 0 unspecified atom stereocenters. The average molecular weight is 569 g/mol. The molecular formula is C27H32N6O8. The van der Waals surface area contributed by atoms with Gasteiger partial charge in [-0.2, -0.15) is 0 Å². The van der Waals surface area contributed by atoms with Gasteiger partial charge in [0.05, 0.1) is 29.8 Å². The smallest absolute Gasteiger partial charge is 0.372 e. The van der Waals surface area contributed by atoms with Crippen LogP contribution in [0.5, 0.6) is 11.5 Å². The maximum absolute atomic E-state index is 13.3. The summed E-state index contributed by atoms with van der Waals surface area (Å²) in [6.45, 7) is -0.363. The highest BCUT2D eigenvalue weighted by Crippen LogP contribution is 2.30. The summed E-state index contributed by atoms with van der Waals surface area (Å²) >= 11 is 0. The molecule has 1 atom stereocenters. The number of nitrogens with two attached hydrogens (primary N) is 3. The molecule has 0 heterocycles. The summed E-state index contributed by atoms with van der Waals surface area (Å²) in [5.41, 5.74) is 17.4. The number of ketones is 1. The second kappa shape index (κ2) is 13.8. The number of nitrogens with one attached hydrogen (secondary N) is 2. The lowest BCUT2D eigenvalue weighted by Crippen LogP contribution is -2.41. The topological polar surface area (TPSA) is 253 Å². The fourth-order valence-corrected chi connectivity index (χ4v) is 4.27. The van der Waals surface area contributed by atoms with Gasteiger partial charge in [-0.15, -0.1) is 0 Å². The van der Waals surface area contributed by atoms with Crippen LogP contribution in [0.2, 0.25) is 0 Å². The summed E-state index contributed by atoms with van der Waals surface area (Å²) in [7, 11) is 0. The molecule has 0 aromatic heterocycles. The number of guanidine groups is 1.